The van der Waals surface area contributed by atoms with Crippen molar-refractivity contribution >= 4 is 5.91 Å². The zero-order valence-electron chi connectivity index (χ0n) is 12.4. The minimum Gasteiger partial charge on any atom is -0.383 e. The third kappa shape index (κ3) is 3.00. The number of benzene rings is 1. The largest absolute Gasteiger partial charge is 0.383 e. The Morgan fingerprint density at radius 3 is 2.64 bits per heavy atom. The highest BCUT2D eigenvalue weighted by Crippen LogP contribution is 2.38. The maximum Gasteiger partial charge on any atom is 0.248 e. The molecule has 3 nitrogen and oxygen atoms in total. The van der Waals surface area contributed by atoms with Gasteiger partial charge in [-0.25, -0.2) is 8.78 Å². The van der Waals surface area contributed by atoms with Crippen molar-refractivity contribution in [3.05, 3.63) is 35.4 Å². The van der Waals surface area contributed by atoms with Gasteiger partial charge in [-0.05, 0) is 36.8 Å². The predicted molar refractivity (Wildman–Crippen MR) is 78.6 cm³/mol. The number of carbonyl (C=O) groups excluding carboxylic acids is 1. The van der Waals surface area contributed by atoms with Crippen molar-refractivity contribution in [2.45, 2.75) is 50.0 Å². The van der Waals surface area contributed by atoms with E-state index in [0.29, 0.717) is 6.42 Å². The van der Waals surface area contributed by atoms with E-state index in [1.54, 1.807) is 0 Å². The van der Waals surface area contributed by atoms with Crippen LogP contribution < -0.4 is 5.32 Å². The van der Waals surface area contributed by atoms with Crippen molar-refractivity contribution < 1.29 is 18.7 Å². The van der Waals surface area contributed by atoms with Gasteiger partial charge in [0.25, 0.3) is 0 Å². The summed E-state index contributed by atoms with van der Waals surface area (Å²) in [5.74, 6) is -3.20. The third-order valence-electron chi connectivity index (χ3n) is 4.97. The number of halogens is 2. The average molecular weight is 309 g/mol. The lowest BCUT2D eigenvalue weighted by atomic mass is 9.86. The number of carbonyl (C=O) groups is 1. The third-order valence-corrected chi connectivity index (χ3v) is 4.97. The van der Waals surface area contributed by atoms with Gasteiger partial charge in [-0.2, -0.15) is 0 Å². The van der Waals surface area contributed by atoms with Gasteiger partial charge in [0.05, 0.1) is 6.54 Å². The van der Waals surface area contributed by atoms with Crippen molar-refractivity contribution in [3.8, 4) is 0 Å². The Balaban J connectivity index is 1.58. The molecular weight excluding hydrogens is 288 g/mol. The lowest BCUT2D eigenvalue weighted by molar-refractivity contribution is -0.130. The first-order chi connectivity index (χ1) is 10.4. The molecule has 2 N–H and O–H groups in total. The van der Waals surface area contributed by atoms with Crippen LogP contribution in [0.2, 0.25) is 0 Å². The van der Waals surface area contributed by atoms with Crippen LogP contribution in [0.3, 0.4) is 0 Å². The summed E-state index contributed by atoms with van der Waals surface area (Å²) >= 11 is 0. The van der Waals surface area contributed by atoms with Crippen LogP contribution in [0.4, 0.5) is 8.78 Å². The maximum atomic E-state index is 13.1. The fourth-order valence-corrected chi connectivity index (χ4v) is 3.53. The molecule has 1 unspecified atom stereocenters. The van der Waals surface area contributed by atoms with E-state index < -0.39 is 11.5 Å². The fourth-order valence-electron chi connectivity index (χ4n) is 3.53. The highest BCUT2D eigenvalue weighted by Gasteiger charge is 2.39. The van der Waals surface area contributed by atoms with Crippen LogP contribution in [0.1, 0.15) is 43.2 Å². The first-order valence-electron chi connectivity index (χ1n) is 7.86. The van der Waals surface area contributed by atoms with Crippen LogP contribution in [0.25, 0.3) is 0 Å². The standard InChI is InChI=1S/C17H21F2NO2/c18-17(19)9-6-13(7-10-17)15(21)20-11-16(22)8-5-12-3-1-2-4-14(12)16/h1-4,13,22H,5-11H2,(H,20,21). The molecule has 0 heterocycles. The Morgan fingerprint density at radius 2 is 1.91 bits per heavy atom. The summed E-state index contributed by atoms with van der Waals surface area (Å²) in [4.78, 5) is 12.2. The van der Waals surface area contributed by atoms with Crippen molar-refractivity contribution in [1.29, 1.82) is 0 Å². The summed E-state index contributed by atoms with van der Waals surface area (Å²) in [5.41, 5.74) is 0.937. The molecule has 1 amide bonds. The number of alkyl halides is 2. The summed E-state index contributed by atoms with van der Waals surface area (Å²) in [6.45, 7) is 0.149. The molecule has 2 aliphatic carbocycles. The normalized spacial score (nSPS) is 27.4. The highest BCUT2D eigenvalue weighted by atomic mass is 19.3. The number of aryl methyl sites for hydroxylation is 1. The molecule has 0 aliphatic heterocycles. The van der Waals surface area contributed by atoms with Crippen molar-refractivity contribution in [1.82, 2.24) is 5.32 Å². The summed E-state index contributed by atoms with van der Waals surface area (Å²) < 4.78 is 26.3. The molecule has 5 heteroatoms. The molecule has 2 aliphatic rings. The number of rotatable bonds is 3. The zero-order chi connectivity index (χ0) is 15.8. The lowest BCUT2D eigenvalue weighted by Gasteiger charge is -2.29. The maximum absolute atomic E-state index is 13.1. The van der Waals surface area contributed by atoms with Gasteiger partial charge in [-0.3, -0.25) is 4.79 Å². The average Bonchev–Trinajstić information content (AvgIpc) is 2.83. The van der Waals surface area contributed by atoms with E-state index in [0.717, 1.165) is 17.5 Å². The second-order valence-corrected chi connectivity index (χ2v) is 6.54. The predicted octanol–water partition coefficient (Wildman–Crippen LogP) is 2.76. The molecule has 0 spiro atoms. The van der Waals surface area contributed by atoms with Gasteiger partial charge in [-0.1, -0.05) is 24.3 Å². The number of aliphatic hydroxyl groups is 1. The SMILES string of the molecule is O=C(NCC1(O)CCc2ccccc21)C1CCC(F)(F)CC1. The zero-order valence-corrected chi connectivity index (χ0v) is 12.4. The Hall–Kier alpha value is -1.49. The Morgan fingerprint density at radius 1 is 1.23 bits per heavy atom. The molecule has 1 fully saturated rings. The number of fused-ring (bicyclic) bond motifs is 1. The minimum absolute atomic E-state index is 0.149. The van der Waals surface area contributed by atoms with Gasteiger partial charge in [0.2, 0.25) is 11.8 Å². The van der Waals surface area contributed by atoms with Gasteiger partial charge < -0.3 is 10.4 Å². The quantitative estimate of drug-likeness (QED) is 0.902. The number of nitrogens with one attached hydrogen (secondary N) is 1. The first kappa shape index (κ1) is 15.4. The van der Waals surface area contributed by atoms with Gasteiger partial charge in [0.15, 0.2) is 0 Å². The van der Waals surface area contributed by atoms with E-state index in [1.807, 2.05) is 24.3 Å². The lowest BCUT2D eigenvalue weighted by Crippen LogP contribution is -2.43. The number of hydrogen-bond acceptors (Lipinski definition) is 2. The molecular formula is C17H21F2NO2. The summed E-state index contributed by atoms with van der Waals surface area (Å²) in [6, 6.07) is 7.68. The molecule has 0 bridgehead atoms. The van der Waals surface area contributed by atoms with Crippen LogP contribution >= 0.6 is 0 Å². The second kappa shape index (κ2) is 5.61. The second-order valence-electron chi connectivity index (χ2n) is 6.54. The summed E-state index contributed by atoms with van der Waals surface area (Å²) in [6.07, 6.45) is 1.35. The fraction of sp³-hybridized carbons (Fsp3) is 0.588. The molecule has 3 rings (SSSR count). The van der Waals surface area contributed by atoms with E-state index in [4.69, 9.17) is 0 Å². The van der Waals surface area contributed by atoms with E-state index in [1.165, 1.54) is 0 Å². The van der Waals surface area contributed by atoms with Gasteiger partial charge in [0.1, 0.15) is 5.60 Å². The molecule has 1 saturated carbocycles. The molecule has 1 atom stereocenters. The van der Waals surface area contributed by atoms with Crippen molar-refractivity contribution in [2.24, 2.45) is 5.92 Å². The van der Waals surface area contributed by atoms with Crippen molar-refractivity contribution in [2.75, 3.05) is 6.54 Å². The Bertz CT molecular complexity index is 566. The van der Waals surface area contributed by atoms with Crippen LogP contribution in [0.5, 0.6) is 0 Å². The molecule has 0 aromatic heterocycles. The van der Waals surface area contributed by atoms with Gasteiger partial charge >= 0.3 is 0 Å². The molecule has 1 aromatic carbocycles. The summed E-state index contributed by atoms with van der Waals surface area (Å²) in [7, 11) is 0. The highest BCUT2D eigenvalue weighted by molar-refractivity contribution is 5.78. The van der Waals surface area contributed by atoms with Crippen LogP contribution in [-0.2, 0) is 16.8 Å². The van der Waals surface area contributed by atoms with Gasteiger partial charge in [0, 0.05) is 18.8 Å². The topological polar surface area (TPSA) is 49.3 Å². The smallest absolute Gasteiger partial charge is 0.248 e. The van der Waals surface area contributed by atoms with E-state index >= 15 is 0 Å². The van der Waals surface area contributed by atoms with Crippen LogP contribution in [-0.4, -0.2) is 23.5 Å². The molecule has 1 aromatic rings. The van der Waals surface area contributed by atoms with E-state index in [2.05, 4.69) is 5.32 Å². The van der Waals surface area contributed by atoms with E-state index in [-0.39, 0.29) is 44.1 Å². The van der Waals surface area contributed by atoms with Gasteiger partial charge in [-0.15, -0.1) is 0 Å². The number of amides is 1. The van der Waals surface area contributed by atoms with Crippen LogP contribution in [0.15, 0.2) is 24.3 Å². The number of hydrogen-bond donors (Lipinski definition) is 2. The Kier molecular flexibility index (Phi) is 3.93. The molecule has 0 radical (unpaired) electrons. The monoisotopic (exact) mass is 309 g/mol. The molecule has 22 heavy (non-hydrogen) atoms. The first-order valence-corrected chi connectivity index (χ1v) is 7.86. The molecule has 0 saturated heterocycles. The molecule has 120 valence electrons. The Labute approximate surface area is 128 Å². The van der Waals surface area contributed by atoms with Crippen LogP contribution in [0, 0.1) is 5.92 Å². The van der Waals surface area contributed by atoms with E-state index in [9.17, 15) is 18.7 Å². The van der Waals surface area contributed by atoms with Crippen molar-refractivity contribution in [3.63, 3.8) is 0 Å². The summed E-state index contributed by atoms with van der Waals surface area (Å²) in [5, 5.41) is 13.5. The minimum atomic E-state index is -2.63.